The van der Waals surface area contributed by atoms with Crippen LogP contribution in [0.25, 0.3) is 27.9 Å². The highest BCUT2D eigenvalue weighted by Crippen LogP contribution is 2.33. The number of rotatable bonds is 6. The Bertz CT molecular complexity index is 1230. The third-order valence-electron chi connectivity index (χ3n) is 5.52. The summed E-state index contributed by atoms with van der Waals surface area (Å²) in [4.78, 5) is 13.1. The fraction of sp³-hybridized carbons (Fsp3) is 0.364. The Labute approximate surface area is 195 Å². The minimum absolute atomic E-state index is 0.0809. The Hall–Kier alpha value is -3.08. The Morgan fingerprint density at radius 3 is 2.88 bits per heavy atom. The van der Waals surface area contributed by atoms with E-state index < -0.39 is 11.9 Å². The van der Waals surface area contributed by atoms with Crippen LogP contribution in [0.1, 0.15) is 32.1 Å². The number of anilines is 1. The minimum atomic E-state index is -0.687. The highest BCUT2D eigenvalue weighted by atomic mass is 35.5. The number of aliphatic hydroxyl groups excluding tert-OH is 1. The number of halogens is 2. The van der Waals surface area contributed by atoms with E-state index in [9.17, 15) is 5.11 Å². The lowest BCUT2D eigenvalue weighted by Crippen LogP contribution is -2.42. The van der Waals surface area contributed by atoms with Gasteiger partial charge in [0.25, 0.3) is 0 Å². The molecule has 5 N–H and O–H groups in total. The lowest BCUT2D eigenvalue weighted by Gasteiger charge is -2.28. The van der Waals surface area contributed by atoms with Gasteiger partial charge in [0.05, 0.1) is 46.8 Å². The average molecular weight is 474 g/mol. The van der Waals surface area contributed by atoms with Crippen molar-refractivity contribution in [2.45, 2.75) is 38.5 Å². The van der Waals surface area contributed by atoms with Crippen LogP contribution in [0.4, 0.5) is 10.3 Å². The maximum absolute atomic E-state index is 15.2. The van der Waals surface area contributed by atoms with Crippen molar-refractivity contribution in [1.82, 2.24) is 19.5 Å². The molecule has 1 aliphatic heterocycles. The predicted octanol–water partition coefficient (Wildman–Crippen LogP) is 3.38. The number of benzene rings is 1. The first-order chi connectivity index (χ1) is 15.8. The van der Waals surface area contributed by atoms with Gasteiger partial charge in [0.1, 0.15) is 11.3 Å². The fourth-order valence-corrected chi connectivity index (χ4v) is 4.10. The van der Waals surface area contributed by atoms with Gasteiger partial charge in [-0.05, 0) is 32.4 Å². The Morgan fingerprint density at radius 1 is 1.42 bits per heavy atom. The van der Waals surface area contributed by atoms with Gasteiger partial charge in [0.15, 0.2) is 5.82 Å². The van der Waals surface area contributed by atoms with Crippen LogP contribution >= 0.6 is 11.6 Å². The number of hydrogen-bond donors (Lipinski definition) is 4. The molecule has 4 rings (SSSR count). The maximum atomic E-state index is 15.2. The Morgan fingerprint density at radius 2 is 2.21 bits per heavy atom. The van der Waals surface area contributed by atoms with E-state index in [0.717, 1.165) is 6.21 Å². The molecular weight excluding hydrogens is 449 g/mol. The largest absolute Gasteiger partial charge is 0.404 e. The normalized spacial score (nSPS) is 19.3. The van der Waals surface area contributed by atoms with Crippen LogP contribution in [0.3, 0.4) is 0 Å². The van der Waals surface area contributed by atoms with Crippen LogP contribution in [0.5, 0.6) is 0 Å². The summed E-state index contributed by atoms with van der Waals surface area (Å²) in [5.41, 5.74) is 7.52. The quantitative estimate of drug-likeness (QED) is 0.403. The molecule has 1 aromatic carbocycles. The van der Waals surface area contributed by atoms with Crippen LogP contribution in [0.2, 0.25) is 5.02 Å². The van der Waals surface area contributed by atoms with Crippen molar-refractivity contribution in [3.05, 3.63) is 41.2 Å². The zero-order valence-corrected chi connectivity index (χ0v) is 19.0. The number of hydrogen-bond acceptors (Lipinski definition) is 8. The second kappa shape index (κ2) is 9.42. The van der Waals surface area contributed by atoms with Crippen molar-refractivity contribution >= 4 is 40.4 Å². The van der Waals surface area contributed by atoms with E-state index in [4.69, 9.17) is 27.5 Å². The van der Waals surface area contributed by atoms with Crippen LogP contribution < -0.4 is 11.1 Å². The van der Waals surface area contributed by atoms with Gasteiger partial charge in [-0.2, -0.15) is 0 Å². The van der Waals surface area contributed by atoms with Crippen molar-refractivity contribution in [2.75, 3.05) is 18.5 Å². The van der Waals surface area contributed by atoms with Gasteiger partial charge in [-0.3, -0.25) is 0 Å². The van der Waals surface area contributed by atoms with E-state index in [1.54, 1.807) is 6.07 Å². The second-order valence-electron chi connectivity index (χ2n) is 8.06. The molecule has 0 spiro atoms. The number of aromatic nitrogens is 4. The molecule has 3 aromatic rings. The van der Waals surface area contributed by atoms with Gasteiger partial charge >= 0.3 is 0 Å². The maximum Gasteiger partial charge on any atom is 0.223 e. The van der Waals surface area contributed by atoms with Crippen LogP contribution in [0, 0.1) is 11.2 Å². The molecule has 1 saturated heterocycles. The standard InChI is InChI=1S/C22H25ClFN7O2/c1-11(2)31-17-6-12(5-15(24)20(17)29-21(31)13(7-25)8-26)19-14(23)9-27-22(30-19)28-16-3-4-33-10-18(16)32/h5-9,11,16,18,25,32H,3-4,10,26H2,1-2H3,(H,27,28,30)/b13-8+,25-7?/t16-,18-/m1/s1. The van der Waals surface area contributed by atoms with E-state index in [1.807, 2.05) is 18.4 Å². The lowest BCUT2D eigenvalue weighted by molar-refractivity contribution is -0.0136. The van der Waals surface area contributed by atoms with E-state index in [1.165, 1.54) is 18.5 Å². The van der Waals surface area contributed by atoms with Gasteiger partial charge < -0.3 is 30.9 Å². The number of allylic oxidation sites excluding steroid dienone is 1. The highest BCUT2D eigenvalue weighted by Gasteiger charge is 2.25. The molecular formula is C22H25ClFN7O2. The number of fused-ring (bicyclic) bond motifs is 1. The van der Waals surface area contributed by atoms with E-state index in [2.05, 4.69) is 20.3 Å². The molecule has 9 nitrogen and oxygen atoms in total. The van der Waals surface area contributed by atoms with Gasteiger partial charge in [-0.15, -0.1) is 0 Å². The van der Waals surface area contributed by atoms with Crippen molar-refractivity contribution in [3.63, 3.8) is 0 Å². The fourth-order valence-electron chi connectivity index (χ4n) is 3.90. The number of nitrogens with zero attached hydrogens (tertiary/aromatic N) is 4. The molecule has 3 heterocycles. The zero-order valence-electron chi connectivity index (χ0n) is 18.2. The summed E-state index contributed by atoms with van der Waals surface area (Å²) in [5, 5.41) is 21.1. The van der Waals surface area contributed by atoms with Crippen LogP contribution in [0.15, 0.2) is 24.5 Å². The smallest absolute Gasteiger partial charge is 0.223 e. The zero-order chi connectivity index (χ0) is 23.7. The molecule has 1 fully saturated rings. The van der Waals surface area contributed by atoms with Crippen LogP contribution in [-0.4, -0.2) is 56.2 Å². The Balaban J connectivity index is 1.81. The summed E-state index contributed by atoms with van der Waals surface area (Å²) < 4.78 is 22.3. The first-order valence-electron chi connectivity index (χ1n) is 10.5. The van der Waals surface area contributed by atoms with Gasteiger partial charge in [0.2, 0.25) is 5.95 Å². The lowest BCUT2D eigenvalue weighted by atomic mass is 10.1. The van der Waals surface area contributed by atoms with Crippen molar-refractivity contribution < 1.29 is 14.2 Å². The van der Waals surface area contributed by atoms with E-state index >= 15 is 4.39 Å². The summed E-state index contributed by atoms with van der Waals surface area (Å²) in [5.74, 6) is 0.128. The number of imidazole rings is 1. The van der Waals surface area contributed by atoms with Gasteiger partial charge in [0, 0.05) is 30.6 Å². The molecule has 0 amide bonds. The highest BCUT2D eigenvalue weighted by molar-refractivity contribution is 6.33. The predicted molar refractivity (Wildman–Crippen MR) is 126 cm³/mol. The van der Waals surface area contributed by atoms with Gasteiger partial charge in [-0.25, -0.2) is 19.3 Å². The molecule has 174 valence electrons. The first-order valence-corrected chi connectivity index (χ1v) is 10.9. The summed E-state index contributed by atoms with van der Waals surface area (Å²) in [6.45, 7) is 4.63. The first kappa shape index (κ1) is 23.1. The molecule has 0 unspecified atom stereocenters. The molecule has 0 radical (unpaired) electrons. The van der Waals surface area contributed by atoms with E-state index in [-0.39, 0.29) is 35.2 Å². The summed E-state index contributed by atoms with van der Waals surface area (Å²) in [7, 11) is 0. The monoisotopic (exact) mass is 473 g/mol. The number of aliphatic hydroxyl groups is 1. The molecule has 11 heteroatoms. The van der Waals surface area contributed by atoms with Crippen molar-refractivity contribution in [3.8, 4) is 11.3 Å². The third-order valence-corrected chi connectivity index (χ3v) is 5.79. The van der Waals surface area contributed by atoms with Crippen molar-refractivity contribution in [1.29, 1.82) is 5.41 Å². The molecule has 2 aromatic heterocycles. The molecule has 33 heavy (non-hydrogen) atoms. The number of nitrogens with two attached hydrogens (primary N) is 1. The van der Waals surface area contributed by atoms with Crippen LogP contribution in [-0.2, 0) is 4.74 Å². The third kappa shape index (κ3) is 4.41. The Kier molecular flexibility index (Phi) is 6.59. The second-order valence-corrected chi connectivity index (χ2v) is 8.47. The number of nitrogens with one attached hydrogen (secondary N) is 2. The average Bonchev–Trinajstić information content (AvgIpc) is 3.17. The topological polar surface area (TPSA) is 135 Å². The molecule has 1 aliphatic rings. The molecule has 0 aliphatic carbocycles. The summed E-state index contributed by atoms with van der Waals surface area (Å²) >= 11 is 6.39. The summed E-state index contributed by atoms with van der Waals surface area (Å²) in [6, 6.07) is 2.73. The summed E-state index contributed by atoms with van der Waals surface area (Å²) in [6.07, 6.45) is 3.71. The van der Waals surface area contributed by atoms with Gasteiger partial charge in [-0.1, -0.05) is 11.6 Å². The minimum Gasteiger partial charge on any atom is -0.404 e. The number of ether oxygens (including phenoxy) is 1. The van der Waals surface area contributed by atoms with Crippen molar-refractivity contribution in [2.24, 2.45) is 5.73 Å². The molecule has 2 atom stereocenters. The molecule has 0 bridgehead atoms. The SMILES string of the molecule is CC(C)n1c(/C(C=N)=C/N)nc2c(F)cc(-c3nc(N[C@@H]4CCOC[C@H]4O)ncc3Cl)cc21. The molecule has 0 saturated carbocycles. The van der Waals surface area contributed by atoms with E-state index in [0.29, 0.717) is 41.2 Å².